The van der Waals surface area contributed by atoms with E-state index in [4.69, 9.17) is 9.47 Å². The minimum Gasteiger partial charge on any atom is -0.390 e. The van der Waals surface area contributed by atoms with Crippen molar-refractivity contribution in [3.63, 3.8) is 0 Å². The van der Waals surface area contributed by atoms with E-state index < -0.39 is 11.4 Å². The van der Waals surface area contributed by atoms with Crippen molar-refractivity contribution in [1.82, 2.24) is 0 Å². The molecule has 1 fully saturated rings. The van der Waals surface area contributed by atoms with E-state index in [9.17, 15) is 5.11 Å². The zero-order valence-electron chi connectivity index (χ0n) is 12.0. The highest BCUT2D eigenvalue weighted by molar-refractivity contribution is 4.85. The Morgan fingerprint density at radius 3 is 2.12 bits per heavy atom. The number of aliphatic hydroxyl groups is 1. The highest BCUT2D eigenvalue weighted by Gasteiger charge is 2.42. The molecule has 3 nitrogen and oxygen atoms in total. The Hall–Kier alpha value is -0.120. The Morgan fingerprint density at radius 1 is 1.18 bits per heavy atom. The average Bonchev–Trinajstić information content (AvgIpc) is 2.63. The normalized spacial score (nSPS) is 24.9. The molecule has 3 heteroatoms. The number of hydrogen-bond donors (Lipinski definition) is 1. The standard InChI is InChI=1S/C14H28O3/c1-6-14(16-7-8-17-14)12(4)10-13(5,15)9-11(2)3/h11-12,15H,6-10H2,1-5H3. The van der Waals surface area contributed by atoms with E-state index in [2.05, 4.69) is 27.7 Å². The molecule has 2 unspecified atom stereocenters. The van der Waals surface area contributed by atoms with Gasteiger partial charge < -0.3 is 14.6 Å². The quantitative estimate of drug-likeness (QED) is 0.780. The van der Waals surface area contributed by atoms with E-state index in [0.717, 1.165) is 19.3 Å². The van der Waals surface area contributed by atoms with Crippen molar-refractivity contribution in [2.45, 2.75) is 65.3 Å². The van der Waals surface area contributed by atoms with Gasteiger partial charge in [-0.05, 0) is 32.1 Å². The molecule has 1 rings (SSSR count). The van der Waals surface area contributed by atoms with Crippen LogP contribution in [0.25, 0.3) is 0 Å². The van der Waals surface area contributed by atoms with Gasteiger partial charge in [0.25, 0.3) is 0 Å². The maximum atomic E-state index is 10.4. The summed E-state index contributed by atoms with van der Waals surface area (Å²) in [5, 5.41) is 10.4. The number of ether oxygens (including phenoxy) is 2. The van der Waals surface area contributed by atoms with Crippen LogP contribution >= 0.6 is 0 Å². The summed E-state index contributed by atoms with van der Waals surface area (Å²) < 4.78 is 11.5. The van der Waals surface area contributed by atoms with Crippen molar-refractivity contribution in [2.75, 3.05) is 13.2 Å². The third-order valence-electron chi connectivity index (χ3n) is 3.61. The van der Waals surface area contributed by atoms with Gasteiger partial charge >= 0.3 is 0 Å². The van der Waals surface area contributed by atoms with Gasteiger partial charge in [-0.15, -0.1) is 0 Å². The van der Waals surface area contributed by atoms with Crippen LogP contribution in [0.1, 0.15) is 53.9 Å². The monoisotopic (exact) mass is 244 g/mol. The van der Waals surface area contributed by atoms with Gasteiger partial charge in [-0.1, -0.05) is 27.7 Å². The van der Waals surface area contributed by atoms with Crippen LogP contribution in [0.5, 0.6) is 0 Å². The summed E-state index contributed by atoms with van der Waals surface area (Å²) in [5.74, 6) is 0.241. The Bertz CT molecular complexity index is 230. The molecule has 0 aromatic carbocycles. The lowest BCUT2D eigenvalue weighted by Gasteiger charge is -2.37. The van der Waals surface area contributed by atoms with Crippen molar-refractivity contribution < 1.29 is 14.6 Å². The molecule has 102 valence electrons. The summed E-state index contributed by atoms with van der Waals surface area (Å²) in [6.45, 7) is 11.7. The molecule has 0 saturated carbocycles. The Morgan fingerprint density at radius 2 is 1.71 bits per heavy atom. The summed E-state index contributed by atoms with van der Waals surface area (Å²) in [5.41, 5.74) is -0.634. The molecule has 0 aliphatic carbocycles. The second kappa shape index (κ2) is 5.68. The summed E-state index contributed by atoms with van der Waals surface area (Å²) in [4.78, 5) is 0. The van der Waals surface area contributed by atoms with Crippen LogP contribution in [0, 0.1) is 11.8 Å². The van der Waals surface area contributed by atoms with Crippen LogP contribution in [0.15, 0.2) is 0 Å². The van der Waals surface area contributed by atoms with Crippen molar-refractivity contribution in [3.8, 4) is 0 Å². The second-order valence-electron chi connectivity index (χ2n) is 6.06. The number of rotatable bonds is 6. The fourth-order valence-corrected chi connectivity index (χ4v) is 3.09. The molecule has 0 radical (unpaired) electrons. The SMILES string of the molecule is CCC1(C(C)CC(C)(O)CC(C)C)OCCO1. The van der Waals surface area contributed by atoms with Gasteiger partial charge in [0.05, 0.1) is 18.8 Å². The molecule has 0 aromatic heterocycles. The van der Waals surface area contributed by atoms with Gasteiger partial charge in [-0.3, -0.25) is 0 Å². The van der Waals surface area contributed by atoms with Crippen LogP contribution in [-0.4, -0.2) is 29.7 Å². The highest BCUT2D eigenvalue weighted by Crippen LogP contribution is 2.37. The van der Waals surface area contributed by atoms with Gasteiger partial charge in [-0.2, -0.15) is 0 Å². The molecule has 17 heavy (non-hydrogen) atoms. The molecular weight excluding hydrogens is 216 g/mol. The van der Waals surface area contributed by atoms with E-state index in [1.54, 1.807) is 0 Å². The van der Waals surface area contributed by atoms with Crippen LogP contribution in [-0.2, 0) is 9.47 Å². The Balaban J connectivity index is 2.60. The van der Waals surface area contributed by atoms with E-state index >= 15 is 0 Å². The fraction of sp³-hybridized carbons (Fsp3) is 1.00. The van der Waals surface area contributed by atoms with Crippen molar-refractivity contribution in [1.29, 1.82) is 0 Å². The van der Waals surface area contributed by atoms with Crippen LogP contribution < -0.4 is 0 Å². The van der Waals surface area contributed by atoms with E-state index in [0.29, 0.717) is 19.1 Å². The molecule has 1 heterocycles. The molecule has 2 atom stereocenters. The molecular formula is C14H28O3. The van der Waals surface area contributed by atoms with Crippen molar-refractivity contribution in [2.24, 2.45) is 11.8 Å². The molecule has 0 aromatic rings. The Kier molecular flexibility index (Phi) is 4.99. The maximum absolute atomic E-state index is 10.4. The first-order valence-corrected chi connectivity index (χ1v) is 6.81. The minimum absolute atomic E-state index is 0.212. The van der Waals surface area contributed by atoms with Gasteiger partial charge in [0, 0.05) is 5.92 Å². The molecule has 1 N–H and O–H groups in total. The van der Waals surface area contributed by atoms with Crippen molar-refractivity contribution >= 4 is 0 Å². The average molecular weight is 244 g/mol. The topological polar surface area (TPSA) is 38.7 Å². The molecule has 1 saturated heterocycles. The number of hydrogen-bond acceptors (Lipinski definition) is 3. The lowest BCUT2D eigenvalue weighted by atomic mass is 9.82. The van der Waals surface area contributed by atoms with Crippen LogP contribution in [0.2, 0.25) is 0 Å². The largest absolute Gasteiger partial charge is 0.390 e. The highest BCUT2D eigenvalue weighted by atomic mass is 16.7. The lowest BCUT2D eigenvalue weighted by molar-refractivity contribution is -0.204. The summed E-state index contributed by atoms with van der Waals surface area (Å²) in [7, 11) is 0. The third kappa shape index (κ3) is 3.94. The van der Waals surface area contributed by atoms with E-state index in [-0.39, 0.29) is 5.92 Å². The zero-order valence-corrected chi connectivity index (χ0v) is 12.0. The predicted octanol–water partition coefficient (Wildman–Crippen LogP) is 2.96. The van der Waals surface area contributed by atoms with Crippen LogP contribution in [0.4, 0.5) is 0 Å². The van der Waals surface area contributed by atoms with Gasteiger partial charge in [-0.25, -0.2) is 0 Å². The smallest absolute Gasteiger partial charge is 0.170 e. The summed E-state index contributed by atoms with van der Waals surface area (Å²) in [6, 6.07) is 0. The van der Waals surface area contributed by atoms with E-state index in [1.807, 2.05) is 6.92 Å². The van der Waals surface area contributed by atoms with Gasteiger partial charge in [0.1, 0.15) is 0 Å². The third-order valence-corrected chi connectivity index (χ3v) is 3.61. The zero-order chi connectivity index (χ0) is 13.1. The van der Waals surface area contributed by atoms with Crippen molar-refractivity contribution in [3.05, 3.63) is 0 Å². The van der Waals surface area contributed by atoms with Gasteiger partial charge in [0.15, 0.2) is 5.79 Å². The molecule has 0 amide bonds. The summed E-state index contributed by atoms with van der Waals surface area (Å²) >= 11 is 0. The molecule has 0 bridgehead atoms. The van der Waals surface area contributed by atoms with Gasteiger partial charge in [0.2, 0.25) is 0 Å². The Labute approximate surface area is 105 Å². The van der Waals surface area contributed by atoms with E-state index in [1.165, 1.54) is 0 Å². The maximum Gasteiger partial charge on any atom is 0.170 e. The first-order chi connectivity index (χ1) is 7.81. The first kappa shape index (κ1) is 14.9. The first-order valence-electron chi connectivity index (χ1n) is 6.81. The molecule has 1 aliphatic heterocycles. The summed E-state index contributed by atoms with van der Waals surface area (Å²) in [6.07, 6.45) is 2.38. The molecule has 1 aliphatic rings. The van der Waals surface area contributed by atoms with Crippen LogP contribution in [0.3, 0.4) is 0 Å². The second-order valence-corrected chi connectivity index (χ2v) is 6.06. The predicted molar refractivity (Wildman–Crippen MR) is 68.8 cm³/mol. The fourth-order valence-electron chi connectivity index (χ4n) is 3.09. The molecule has 0 spiro atoms. The minimum atomic E-state index is -0.634. The lowest BCUT2D eigenvalue weighted by Crippen LogP contribution is -2.42.